The second-order valence-electron chi connectivity index (χ2n) is 8.72. The number of halogens is 2. The van der Waals surface area contributed by atoms with Crippen LogP contribution in [0, 0.1) is 5.92 Å². The third kappa shape index (κ3) is 4.26. The van der Waals surface area contributed by atoms with Crippen LogP contribution < -0.4 is 5.32 Å². The zero-order valence-corrected chi connectivity index (χ0v) is 17.3. The van der Waals surface area contributed by atoms with Crippen molar-refractivity contribution in [2.45, 2.75) is 50.7 Å². The number of alkyl halides is 2. The summed E-state index contributed by atoms with van der Waals surface area (Å²) in [7, 11) is 0. The van der Waals surface area contributed by atoms with E-state index in [1.54, 1.807) is 11.0 Å². The number of likely N-dealkylation sites (tertiary alicyclic amines) is 2. The first-order chi connectivity index (χ1) is 14.2. The molecule has 0 radical (unpaired) electrons. The summed E-state index contributed by atoms with van der Waals surface area (Å²) in [6, 6.07) is 2.95. The van der Waals surface area contributed by atoms with Crippen LogP contribution in [0.3, 0.4) is 0 Å². The van der Waals surface area contributed by atoms with Gasteiger partial charge in [0.05, 0.1) is 12.1 Å². The van der Waals surface area contributed by atoms with E-state index in [4.69, 9.17) is 4.74 Å². The molecule has 0 spiro atoms. The number of carbonyl (C=O) groups excluding carboxylic acids is 2. The van der Waals surface area contributed by atoms with E-state index in [9.17, 15) is 18.4 Å². The van der Waals surface area contributed by atoms with Gasteiger partial charge in [-0.15, -0.1) is 0 Å². The lowest BCUT2D eigenvalue weighted by Gasteiger charge is -2.44. The zero-order chi connectivity index (χ0) is 21.5. The van der Waals surface area contributed by atoms with Gasteiger partial charge in [0, 0.05) is 56.5 Å². The summed E-state index contributed by atoms with van der Waals surface area (Å²) in [5, 5.41) is 2.92. The molecule has 3 amide bonds. The molecule has 3 saturated heterocycles. The predicted octanol–water partition coefficient (Wildman–Crippen LogP) is 2.33. The van der Waals surface area contributed by atoms with Crippen LogP contribution in [0.5, 0.6) is 0 Å². The number of nitrogens with zero attached hydrogens (tertiary/aromatic N) is 3. The van der Waals surface area contributed by atoms with E-state index in [2.05, 4.69) is 17.2 Å². The Morgan fingerprint density at radius 1 is 1.23 bits per heavy atom. The van der Waals surface area contributed by atoms with Gasteiger partial charge in [-0.05, 0) is 30.9 Å². The number of morpholine rings is 1. The summed E-state index contributed by atoms with van der Waals surface area (Å²) in [5.41, 5.74) is 0.708. The highest BCUT2D eigenvalue weighted by atomic mass is 19.3. The van der Waals surface area contributed by atoms with E-state index in [0.29, 0.717) is 32.6 Å². The third-order valence-corrected chi connectivity index (χ3v) is 6.44. The van der Waals surface area contributed by atoms with E-state index in [1.807, 2.05) is 4.90 Å². The molecule has 4 atom stereocenters. The quantitative estimate of drug-likeness (QED) is 0.794. The molecular formula is C21H28F2N4O3. The molecule has 9 heteroatoms. The van der Waals surface area contributed by atoms with Gasteiger partial charge in [0.2, 0.25) is 5.91 Å². The molecule has 3 unspecified atom stereocenters. The van der Waals surface area contributed by atoms with Crippen molar-refractivity contribution in [3.8, 4) is 0 Å². The van der Waals surface area contributed by atoms with Crippen LogP contribution in [0.25, 0.3) is 0 Å². The Balaban J connectivity index is 1.36. The predicted molar refractivity (Wildman–Crippen MR) is 105 cm³/mol. The molecule has 3 aliphatic heterocycles. The second-order valence-corrected chi connectivity index (χ2v) is 8.72. The largest absolute Gasteiger partial charge is 0.366 e. The third-order valence-electron chi connectivity index (χ3n) is 6.44. The molecule has 0 bridgehead atoms. The number of pyridine rings is 1. The van der Waals surface area contributed by atoms with E-state index >= 15 is 0 Å². The maximum atomic E-state index is 13.4. The monoisotopic (exact) mass is 422 g/mol. The number of nitrogens with one attached hydrogen (secondary N) is 1. The van der Waals surface area contributed by atoms with Crippen LogP contribution in [0.1, 0.15) is 43.9 Å². The van der Waals surface area contributed by atoms with Crippen LogP contribution in [0.4, 0.5) is 13.6 Å². The Kier molecular flexibility index (Phi) is 5.65. The van der Waals surface area contributed by atoms with Crippen molar-refractivity contribution in [1.29, 1.82) is 0 Å². The molecule has 0 saturated carbocycles. The zero-order valence-electron chi connectivity index (χ0n) is 17.3. The number of piperidine rings is 2. The fraction of sp³-hybridized carbons (Fsp3) is 0.667. The summed E-state index contributed by atoms with van der Waals surface area (Å²) in [5.74, 6) is -2.74. The Morgan fingerprint density at radius 3 is 2.63 bits per heavy atom. The molecule has 1 N–H and O–H groups in total. The number of hydrogen-bond donors (Lipinski definition) is 1. The lowest BCUT2D eigenvalue weighted by molar-refractivity contribution is -0.139. The molecule has 3 fully saturated rings. The number of ether oxygens (including phenoxy) is 1. The number of hydrogen-bond acceptors (Lipinski definition) is 4. The maximum Gasteiger partial charge on any atom is 0.320 e. The molecule has 0 aliphatic carbocycles. The number of amides is 3. The van der Waals surface area contributed by atoms with Crippen molar-refractivity contribution in [2.75, 3.05) is 32.8 Å². The highest BCUT2D eigenvalue weighted by Gasteiger charge is 2.39. The van der Waals surface area contributed by atoms with E-state index in [-0.39, 0.29) is 48.1 Å². The topological polar surface area (TPSA) is 74.8 Å². The van der Waals surface area contributed by atoms with Gasteiger partial charge in [-0.3, -0.25) is 9.78 Å². The standard InChI is InChI=1S/C21H28F2N4O3/c1-13-10-26(7-5-15(13)16-4-3-14(9-24-16)21(2,22)23)20(29)27-8-6-18-17(11-27)25-19(28)12-30-18/h3-4,9,13,15,17-18H,5-8,10-12H2,1-2H3,(H,25,28)/t13?,15?,17-,18?/m1/s1. The fourth-order valence-corrected chi connectivity index (χ4v) is 4.72. The van der Waals surface area contributed by atoms with Gasteiger partial charge in [0.15, 0.2) is 0 Å². The molecule has 4 heterocycles. The van der Waals surface area contributed by atoms with Crippen molar-refractivity contribution >= 4 is 11.9 Å². The average Bonchev–Trinajstić information content (AvgIpc) is 2.72. The minimum atomic E-state index is -2.90. The molecule has 30 heavy (non-hydrogen) atoms. The van der Waals surface area contributed by atoms with Crippen LogP contribution in [-0.4, -0.2) is 71.7 Å². The van der Waals surface area contributed by atoms with Gasteiger partial charge in [0.1, 0.15) is 6.61 Å². The Bertz CT molecular complexity index is 798. The highest BCUT2D eigenvalue weighted by molar-refractivity contribution is 5.79. The molecule has 7 nitrogen and oxygen atoms in total. The molecule has 3 aliphatic rings. The SMILES string of the molecule is CC1CN(C(=O)N2CCC3OCC(=O)N[C@@H]3C2)CCC1c1ccc(C(C)(F)F)cn1. The molecule has 4 rings (SSSR count). The van der Waals surface area contributed by atoms with Crippen molar-refractivity contribution < 1.29 is 23.1 Å². The minimum Gasteiger partial charge on any atom is -0.366 e. The van der Waals surface area contributed by atoms with Crippen molar-refractivity contribution in [3.63, 3.8) is 0 Å². The molecule has 1 aromatic rings. The van der Waals surface area contributed by atoms with E-state index < -0.39 is 5.92 Å². The normalized spacial score (nSPS) is 29.9. The molecule has 164 valence electrons. The van der Waals surface area contributed by atoms with Gasteiger partial charge in [0.25, 0.3) is 5.92 Å². The van der Waals surface area contributed by atoms with Crippen LogP contribution in [0.15, 0.2) is 18.3 Å². The molecule has 1 aromatic heterocycles. The van der Waals surface area contributed by atoms with E-state index in [0.717, 1.165) is 19.0 Å². The highest BCUT2D eigenvalue weighted by Crippen LogP contribution is 2.34. The lowest BCUT2D eigenvalue weighted by atomic mass is 9.84. The van der Waals surface area contributed by atoms with Gasteiger partial charge in [-0.25, -0.2) is 13.6 Å². The Hall–Kier alpha value is -2.29. The van der Waals surface area contributed by atoms with Crippen LogP contribution in [-0.2, 0) is 15.5 Å². The van der Waals surface area contributed by atoms with Crippen molar-refractivity contribution in [3.05, 3.63) is 29.6 Å². The average molecular weight is 422 g/mol. The summed E-state index contributed by atoms with van der Waals surface area (Å²) in [6.07, 6.45) is 2.67. The number of carbonyl (C=O) groups is 2. The Morgan fingerprint density at radius 2 is 1.97 bits per heavy atom. The van der Waals surface area contributed by atoms with Gasteiger partial charge in [-0.1, -0.05) is 6.92 Å². The maximum absolute atomic E-state index is 13.4. The first-order valence-corrected chi connectivity index (χ1v) is 10.5. The fourth-order valence-electron chi connectivity index (χ4n) is 4.72. The van der Waals surface area contributed by atoms with Crippen molar-refractivity contribution in [1.82, 2.24) is 20.1 Å². The number of aromatic nitrogens is 1. The first kappa shape index (κ1) is 21.0. The van der Waals surface area contributed by atoms with Gasteiger partial charge < -0.3 is 19.9 Å². The lowest BCUT2D eigenvalue weighted by Crippen LogP contribution is -2.62. The Labute approximate surface area is 174 Å². The summed E-state index contributed by atoms with van der Waals surface area (Å²) in [6.45, 7) is 5.26. The smallest absolute Gasteiger partial charge is 0.320 e. The van der Waals surface area contributed by atoms with Crippen LogP contribution >= 0.6 is 0 Å². The summed E-state index contributed by atoms with van der Waals surface area (Å²) < 4.78 is 32.4. The van der Waals surface area contributed by atoms with Gasteiger partial charge in [-0.2, -0.15) is 0 Å². The first-order valence-electron chi connectivity index (χ1n) is 10.5. The number of rotatable bonds is 2. The minimum absolute atomic E-state index is 0.0208. The van der Waals surface area contributed by atoms with Crippen molar-refractivity contribution in [2.24, 2.45) is 5.92 Å². The second kappa shape index (κ2) is 8.09. The molecular weight excluding hydrogens is 394 g/mol. The molecule has 0 aromatic carbocycles. The summed E-state index contributed by atoms with van der Waals surface area (Å²) in [4.78, 5) is 32.6. The number of fused-ring (bicyclic) bond motifs is 1. The van der Waals surface area contributed by atoms with E-state index in [1.165, 1.54) is 12.3 Å². The van der Waals surface area contributed by atoms with Gasteiger partial charge >= 0.3 is 6.03 Å². The number of urea groups is 1. The summed E-state index contributed by atoms with van der Waals surface area (Å²) >= 11 is 0. The van der Waals surface area contributed by atoms with Crippen LogP contribution in [0.2, 0.25) is 0 Å².